The van der Waals surface area contributed by atoms with Gasteiger partial charge >= 0.3 is 0 Å². The second-order valence-corrected chi connectivity index (χ2v) is 11.7. The lowest BCUT2D eigenvalue weighted by Gasteiger charge is -2.23. The quantitative estimate of drug-likeness (QED) is 0.375. The van der Waals surface area contributed by atoms with Crippen molar-refractivity contribution >= 4 is 31.9 Å². The van der Waals surface area contributed by atoms with Crippen molar-refractivity contribution in [1.29, 1.82) is 0 Å². The van der Waals surface area contributed by atoms with Crippen molar-refractivity contribution in [3.05, 3.63) is 80.5 Å². The number of thiazole rings is 1. The van der Waals surface area contributed by atoms with Crippen molar-refractivity contribution < 1.29 is 17.9 Å². The van der Waals surface area contributed by atoms with Crippen LogP contribution >= 0.6 is 11.3 Å². The van der Waals surface area contributed by atoms with Gasteiger partial charge in [-0.1, -0.05) is 42.5 Å². The summed E-state index contributed by atoms with van der Waals surface area (Å²) in [6, 6.07) is 14.8. The molecule has 0 atom stereocenters. The molecule has 0 bridgehead atoms. The normalized spacial score (nSPS) is 15.0. The largest absolute Gasteiger partial charge is 0.352 e. The number of benzene rings is 2. The molecule has 2 aromatic heterocycles. The molecule has 1 aliphatic heterocycles. The fraction of sp³-hybridized carbons (Fsp3) is 0.320. The molecule has 0 unspecified atom stereocenters. The lowest BCUT2D eigenvalue weighted by atomic mass is 10.1. The van der Waals surface area contributed by atoms with Gasteiger partial charge in [-0.05, 0) is 18.1 Å². The van der Waals surface area contributed by atoms with E-state index in [-0.39, 0.29) is 24.1 Å². The molecule has 35 heavy (non-hydrogen) atoms. The minimum Gasteiger partial charge on any atom is -0.352 e. The van der Waals surface area contributed by atoms with E-state index in [0.717, 1.165) is 39.3 Å². The van der Waals surface area contributed by atoms with Crippen LogP contribution in [0, 0.1) is 0 Å². The van der Waals surface area contributed by atoms with Gasteiger partial charge in [0, 0.05) is 29.0 Å². The molecule has 10 heteroatoms. The summed E-state index contributed by atoms with van der Waals surface area (Å²) in [6.45, 7) is 1.55. The molecular weight excluding hydrogens is 486 g/mol. The van der Waals surface area contributed by atoms with Crippen molar-refractivity contribution in [2.75, 3.05) is 19.5 Å². The van der Waals surface area contributed by atoms with E-state index >= 15 is 0 Å². The Bertz CT molecular complexity index is 1500. The van der Waals surface area contributed by atoms with Gasteiger partial charge in [0.15, 0.2) is 16.1 Å². The summed E-state index contributed by atoms with van der Waals surface area (Å²) in [5, 5.41) is 8.76. The molecule has 2 aromatic carbocycles. The Hall–Kier alpha value is -2.92. The summed E-state index contributed by atoms with van der Waals surface area (Å²) in [7, 11) is -3.09. The molecule has 0 amide bonds. The van der Waals surface area contributed by atoms with Gasteiger partial charge in [0.25, 0.3) is 5.56 Å². The molecule has 8 nitrogen and oxygen atoms in total. The Balaban J connectivity index is 1.41. The van der Waals surface area contributed by atoms with E-state index in [2.05, 4.69) is 5.10 Å². The van der Waals surface area contributed by atoms with Crippen LogP contribution in [-0.4, -0.2) is 48.9 Å². The second-order valence-electron chi connectivity index (χ2n) is 8.58. The first kappa shape index (κ1) is 23.8. The van der Waals surface area contributed by atoms with Crippen molar-refractivity contribution in [2.45, 2.75) is 31.4 Å². The number of nitrogens with zero attached hydrogens (tertiary/aromatic N) is 3. The molecule has 182 valence electrons. The third-order valence-electron chi connectivity index (χ3n) is 5.72. The Morgan fingerprint density at radius 1 is 1.06 bits per heavy atom. The van der Waals surface area contributed by atoms with Gasteiger partial charge in [-0.15, -0.1) is 11.3 Å². The van der Waals surface area contributed by atoms with E-state index in [1.165, 1.54) is 22.3 Å². The Morgan fingerprint density at radius 3 is 2.49 bits per heavy atom. The maximum atomic E-state index is 13.2. The molecule has 1 saturated heterocycles. The highest BCUT2D eigenvalue weighted by Crippen LogP contribution is 2.24. The molecule has 0 N–H and O–H groups in total. The lowest BCUT2D eigenvalue weighted by Crippen LogP contribution is -2.30. The molecular formula is C25H25N3O5S2. The zero-order valence-electron chi connectivity index (χ0n) is 19.2. The van der Waals surface area contributed by atoms with Crippen molar-refractivity contribution in [3.8, 4) is 11.3 Å². The van der Waals surface area contributed by atoms with E-state index in [9.17, 15) is 13.2 Å². The first-order chi connectivity index (χ1) is 16.9. The van der Waals surface area contributed by atoms with Crippen molar-refractivity contribution in [3.63, 3.8) is 0 Å². The molecule has 0 radical (unpaired) electrons. The number of ether oxygens (including phenoxy) is 2. The number of rotatable bonds is 7. The third-order valence-corrected chi connectivity index (χ3v) is 7.41. The predicted molar refractivity (Wildman–Crippen MR) is 135 cm³/mol. The zero-order valence-corrected chi connectivity index (χ0v) is 20.8. The smallest absolute Gasteiger partial charge is 0.275 e. The highest BCUT2D eigenvalue weighted by Gasteiger charge is 2.19. The maximum Gasteiger partial charge on any atom is 0.275 e. The van der Waals surface area contributed by atoms with Crippen LogP contribution < -0.4 is 5.56 Å². The zero-order chi connectivity index (χ0) is 24.4. The molecule has 1 fully saturated rings. The third kappa shape index (κ3) is 5.67. The summed E-state index contributed by atoms with van der Waals surface area (Å²) >= 11 is 1.45. The van der Waals surface area contributed by atoms with Gasteiger partial charge in [0.05, 0.1) is 42.3 Å². The average Bonchev–Trinajstić information content (AvgIpc) is 3.31. The van der Waals surface area contributed by atoms with Crippen molar-refractivity contribution in [1.82, 2.24) is 14.8 Å². The molecule has 1 aliphatic rings. The number of sulfone groups is 1. The van der Waals surface area contributed by atoms with Crippen LogP contribution in [0.15, 0.2) is 58.7 Å². The molecule has 0 aliphatic carbocycles. The summed E-state index contributed by atoms with van der Waals surface area (Å²) in [6.07, 6.45) is 2.18. The lowest BCUT2D eigenvalue weighted by molar-refractivity contribution is -0.177. The van der Waals surface area contributed by atoms with Crippen LogP contribution in [-0.2, 0) is 38.0 Å². The Kier molecular flexibility index (Phi) is 6.79. The summed E-state index contributed by atoms with van der Waals surface area (Å²) in [5.74, 6) is 0.00537. The van der Waals surface area contributed by atoms with E-state index in [4.69, 9.17) is 14.5 Å². The fourth-order valence-corrected chi connectivity index (χ4v) is 5.68. The van der Waals surface area contributed by atoms with Crippen molar-refractivity contribution in [2.24, 2.45) is 0 Å². The topological polar surface area (TPSA) is 100 Å². The molecule has 0 spiro atoms. The highest BCUT2D eigenvalue weighted by molar-refractivity contribution is 7.89. The predicted octanol–water partition coefficient (Wildman–Crippen LogP) is 3.42. The van der Waals surface area contributed by atoms with Crippen LogP contribution in [0.4, 0.5) is 0 Å². The highest BCUT2D eigenvalue weighted by atomic mass is 32.2. The monoisotopic (exact) mass is 511 g/mol. The Morgan fingerprint density at radius 2 is 1.77 bits per heavy atom. The van der Waals surface area contributed by atoms with Crippen LogP contribution in [0.3, 0.4) is 0 Å². The SMILES string of the molecule is CS(=O)(=O)Cc1ccc(-c2csc(Cn3nc(CC4OCCCO4)c4ccccc4c3=O)n2)cc1. The summed E-state index contributed by atoms with van der Waals surface area (Å²) in [5.41, 5.74) is 2.98. The fourth-order valence-electron chi connectivity index (χ4n) is 4.09. The van der Waals surface area contributed by atoms with Gasteiger partial charge in [-0.3, -0.25) is 4.79 Å². The molecule has 4 aromatic rings. The van der Waals surface area contributed by atoms with Crippen LogP contribution in [0.2, 0.25) is 0 Å². The minimum atomic E-state index is -3.09. The summed E-state index contributed by atoms with van der Waals surface area (Å²) in [4.78, 5) is 17.9. The standard InChI is InChI=1S/C25H25N3O5S2/c1-35(30,31)16-17-7-9-18(10-8-17)22-15-34-23(26-22)14-28-25(29)20-6-3-2-5-19(20)21(27-28)13-24-32-11-4-12-33-24/h2-3,5-10,15,24H,4,11-14,16H2,1H3. The summed E-state index contributed by atoms with van der Waals surface area (Å²) < 4.78 is 35.9. The van der Waals surface area contributed by atoms with Gasteiger partial charge in [0.2, 0.25) is 0 Å². The van der Waals surface area contributed by atoms with Gasteiger partial charge in [0.1, 0.15) is 5.01 Å². The van der Waals surface area contributed by atoms with Gasteiger partial charge in [-0.2, -0.15) is 5.10 Å². The van der Waals surface area contributed by atoms with E-state index in [0.29, 0.717) is 25.0 Å². The van der Waals surface area contributed by atoms with E-state index in [1.807, 2.05) is 41.8 Å². The number of aromatic nitrogens is 3. The van der Waals surface area contributed by atoms with E-state index < -0.39 is 9.84 Å². The molecule has 3 heterocycles. The van der Waals surface area contributed by atoms with Crippen LogP contribution in [0.1, 0.15) is 22.7 Å². The number of fused-ring (bicyclic) bond motifs is 1. The molecule has 5 rings (SSSR count). The van der Waals surface area contributed by atoms with Gasteiger partial charge < -0.3 is 9.47 Å². The first-order valence-electron chi connectivity index (χ1n) is 11.3. The Labute approximate surface area is 207 Å². The molecule has 0 saturated carbocycles. The minimum absolute atomic E-state index is 0.00537. The maximum absolute atomic E-state index is 13.2. The van der Waals surface area contributed by atoms with Gasteiger partial charge in [-0.25, -0.2) is 18.1 Å². The van der Waals surface area contributed by atoms with E-state index in [1.54, 1.807) is 12.1 Å². The number of hydrogen-bond donors (Lipinski definition) is 0. The van der Waals surface area contributed by atoms with Crippen LogP contribution in [0.25, 0.3) is 22.0 Å². The second kappa shape index (κ2) is 9.98. The van der Waals surface area contributed by atoms with Crippen LogP contribution in [0.5, 0.6) is 0 Å². The average molecular weight is 512 g/mol. The first-order valence-corrected chi connectivity index (χ1v) is 14.2. The number of hydrogen-bond acceptors (Lipinski definition) is 8.